The summed E-state index contributed by atoms with van der Waals surface area (Å²) in [6.07, 6.45) is 5.48. The fraction of sp³-hybridized carbons (Fsp3) is 0.412. The Bertz CT molecular complexity index is 543. The van der Waals surface area contributed by atoms with E-state index in [-0.39, 0.29) is 0 Å². The van der Waals surface area contributed by atoms with Crippen LogP contribution in [0.2, 0.25) is 0 Å². The Morgan fingerprint density at radius 1 is 1.05 bits per heavy atom. The third-order valence-corrected chi connectivity index (χ3v) is 6.29. The van der Waals surface area contributed by atoms with Gasteiger partial charge < -0.3 is 0 Å². The minimum atomic E-state index is 0.814. The van der Waals surface area contributed by atoms with Gasteiger partial charge in [-0.3, -0.25) is 4.90 Å². The summed E-state index contributed by atoms with van der Waals surface area (Å²) in [5, 5.41) is 4.40. The highest BCUT2D eigenvalue weighted by Gasteiger charge is 2.32. The number of fused-ring (bicyclic) bond motifs is 1. The van der Waals surface area contributed by atoms with Crippen LogP contribution < -0.4 is 0 Å². The van der Waals surface area contributed by atoms with Crippen molar-refractivity contribution in [1.82, 2.24) is 4.90 Å². The molecular weight excluding hydrogens is 282 g/mol. The summed E-state index contributed by atoms with van der Waals surface area (Å²) in [6, 6.07) is 9.73. The third kappa shape index (κ3) is 2.28. The van der Waals surface area contributed by atoms with E-state index in [4.69, 9.17) is 0 Å². The summed E-state index contributed by atoms with van der Waals surface area (Å²) < 4.78 is 0. The van der Waals surface area contributed by atoms with Gasteiger partial charge in [-0.2, -0.15) is 0 Å². The van der Waals surface area contributed by atoms with Crippen LogP contribution in [-0.4, -0.2) is 24.0 Å². The van der Waals surface area contributed by atoms with Crippen LogP contribution in [0.3, 0.4) is 0 Å². The second-order valence-electron chi connectivity index (χ2n) is 5.76. The van der Waals surface area contributed by atoms with Gasteiger partial charge in [-0.05, 0) is 54.3 Å². The molecule has 0 amide bonds. The van der Waals surface area contributed by atoms with E-state index in [1.54, 1.807) is 5.57 Å². The standard InChI is InChI=1S/C17H19NS2/c1-2-8-18-12-13(11-14(18)5-1)17(15-6-3-9-19-15)16-7-4-10-20-16/h3-4,6-7,9-10,14H,1-2,5,8,11-12H2. The van der Waals surface area contributed by atoms with Crippen LogP contribution in [0.4, 0.5) is 0 Å². The maximum atomic E-state index is 2.71. The van der Waals surface area contributed by atoms with Gasteiger partial charge in [0.2, 0.25) is 0 Å². The van der Waals surface area contributed by atoms with E-state index >= 15 is 0 Å². The summed E-state index contributed by atoms with van der Waals surface area (Å²) in [5.74, 6) is 0. The molecule has 2 aromatic heterocycles. The molecule has 3 heteroatoms. The lowest BCUT2D eigenvalue weighted by Gasteiger charge is -2.28. The Balaban J connectivity index is 1.76. The molecule has 1 atom stereocenters. The molecule has 0 aliphatic carbocycles. The number of thiophene rings is 2. The maximum Gasteiger partial charge on any atom is 0.0356 e. The van der Waals surface area contributed by atoms with E-state index in [2.05, 4.69) is 39.9 Å². The van der Waals surface area contributed by atoms with Crippen molar-refractivity contribution in [2.45, 2.75) is 31.7 Å². The molecule has 4 heterocycles. The van der Waals surface area contributed by atoms with Gasteiger partial charge in [-0.15, -0.1) is 22.7 Å². The second-order valence-corrected chi connectivity index (χ2v) is 7.65. The second kappa shape index (κ2) is 5.47. The van der Waals surface area contributed by atoms with E-state index in [1.165, 1.54) is 54.1 Å². The van der Waals surface area contributed by atoms with Crippen LogP contribution in [0.1, 0.15) is 35.4 Å². The van der Waals surface area contributed by atoms with Crippen LogP contribution in [0.25, 0.3) is 5.57 Å². The number of nitrogens with zero attached hydrogens (tertiary/aromatic N) is 1. The molecule has 1 nitrogen and oxygen atoms in total. The van der Waals surface area contributed by atoms with Crippen molar-refractivity contribution >= 4 is 28.2 Å². The molecule has 0 N–H and O–H groups in total. The first-order chi connectivity index (χ1) is 9.92. The minimum Gasteiger partial charge on any atom is -0.296 e. The summed E-state index contributed by atoms with van der Waals surface area (Å²) in [5.41, 5.74) is 3.20. The molecule has 20 heavy (non-hydrogen) atoms. The van der Waals surface area contributed by atoms with Gasteiger partial charge >= 0.3 is 0 Å². The highest BCUT2D eigenvalue weighted by atomic mass is 32.1. The summed E-state index contributed by atoms with van der Waals surface area (Å²) in [7, 11) is 0. The summed E-state index contributed by atoms with van der Waals surface area (Å²) >= 11 is 3.76. The SMILES string of the molecule is c1csc(C(=C2CC3CCCCN3C2)c2cccs2)c1. The number of piperidine rings is 1. The van der Waals surface area contributed by atoms with Gasteiger partial charge in [0, 0.05) is 27.9 Å². The number of rotatable bonds is 2. The van der Waals surface area contributed by atoms with Gasteiger partial charge in [-0.1, -0.05) is 18.6 Å². The summed E-state index contributed by atoms with van der Waals surface area (Å²) in [6.45, 7) is 2.49. The fourth-order valence-electron chi connectivity index (χ4n) is 3.59. The smallest absolute Gasteiger partial charge is 0.0356 e. The Morgan fingerprint density at radius 2 is 1.80 bits per heavy atom. The van der Waals surface area contributed by atoms with Gasteiger partial charge in [0.15, 0.2) is 0 Å². The lowest BCUT2D eigenvalue weighted by atomic mass is 9.98. The third-order valence-electron chi connectivity index (χ3n) is 4.51. The van der Waals surface area contributed by atoms with Gasteiger partial charge in [-0.25, -0.2) is 0 Å². The molecule has 1 unspecified atom stereocenters. The maximum absolute atomic E-state index is 2.71. The molecular formula is C17H19NS2. The highest BCUT2D eigenvalue weighted by Crippen LogP contribution is 2.39. The molecule has 0 saturated carbocycles. The molecule has 2 fully saturated rings. The zero-order valence-electron chi connectivity index (χ0n) is 11.5. The van der Waals surface area contributed by atoms with Crippen molar-refractivity contribution in [3.05, 3.63) is 50.4 Å². The molecule has 2 aromatic rings. The average molecular weight is 301 g/mol. The van der Waals surface area contributed by atoms with E-state index in [1.807, 2.05) is 22.7 Å². The highest BCUT2D eigenvalue weighted by molar-refractivity contribution is 7.13. The Kier molecular flexibility index (Phi) is 3.51. The van der Waals surface area contributed by atoms with E-state index < -0.39 is 0 Å². The summed E-state index contributed by atoms with van der Waals surface area (Å²) in [4.78, 5) is 5.60. The van der Waals surface area contributed by atoms with Crippen LogP contribution >= 0.6 is 22.7 Å². The van der Waals surface area contributed by atoms with Crippen molar-refractivity contribution in [3.8, 4) is 0 Å². The number of hydrogen-bond acceptors (Lipinski definition) is 3. The van der Waals surface area contributed by atoms with Crippen molar-refractivity contribution in [2.24, 2.45) is 0 Å². The Morgan fingerprint density at radius 3 is 2.40 bits per heavy atom. The molecule has 2 aliphatic heterocycles. The number of hydrogen-bond donors (Lipinski definition) is 0. The zero-order valence-corrected chi connectivity index (χ0v) is 13.2. The van der Waals surface area contributed by atoms with Crippen LogP contribution in [0.15, 0.2) is 40.6 Å². The topological polar surface area (TPSA) is 3.24 Å². The zero-order chi connectivity index (χ0) is 13.4. The lowest BCUT2D eigenvalue weighted by molar-refractivity contribution is 0.199. The van der Waals surface area contributed by atoms with Crippen LogP contribution in [-0.2, 0) is 0 Å². The van der Waals surface area contributed by atoms with Crippen LogP contribution in [0, 0.1) is 0 Å². The Hall–Kier alpha value is -0.900. The predicted molar refractivity (Wildman–Crippen MR) is 88.5 cm³/mol. The largest absolute Gasteiger partial charge is 0.296 e. The van der Waals surface area contributed by atoms with Crippen molar-refractivity contribution in [3.63, 3.8) is 0 Å². The van der Waals surface area contributed by atoms with Crippen molar-refractivity contribution < 1.29 is 0 Å². The van der Waals surface area contributed by atoms with Gasteiger partial charge in [0.05, 0.1) is 0 Å². The van der Waals surface area contributed by atoms with Crippen molar-refractivity contribution in [1.29, 1.82) is 0 Å². The van der Waals surface area contributed by atoms with E-state index in [9.17, 15) is 0 Å². The lowest BCUT2D eigenvalue weighted by Crippen LogP contribution is -2.33. The molecule has 104 valence electrons. The molecule has 2 aliphatic rings. The first kappa shape index (κ1) is 12.8. The van der Waals surface area contributed by atoms with Gasteiger partial charge in [0.25, 0.3) is 0 Å². The first-order valence-electron chi connectivity index (χ1n) is 7.45. The molecule has 0 aromatic carbocycles. The fourth-order valence-corrected chi connectivity index (χ4v) is 5.32. The molecule has 0 spiro atoms. The minimum absolute atomic E-state index is 0.814. The first-order valence-corrected chi connectivity index (χ1v) is 9.21. The molecule has 0 radical (unpaired) electrons. The van der Waals surface area contributed by atoms with E-state index in [0.29, 0.717) is 0 Å². The van der Waals surface area contributed by atoms with Gasteiger partial charge in [0.1, 0.15) is 0 Å². The average Bonchev–Trinajstić information content (AvgIpc) is 3.21. The van der Waals surface area contributed by atoms with Crippen LogP contribution in [0.5, 0.6) is 0 Å². The van der Waals surface area contributed by atoms with Crippen molar-refractivity contribution in [2.75, 3.05) is 13.1 Å². The molecule has 4 rings (SSSR count). The Labute approximate surface area is 128 Å². The molecule has 2 saturated heterocycles. The quantitative estimate of drug-likeness (QED) is 0.765. The van der Waals surface area contributed by atoms with E-state index in [0.717, 1.165) is 6.04 Å². The molecule has 0 bridgehead atoms. The monoisotopic (exact) mass is 301 g/mol. The normalized spacial score (nSPS) is 23.0. The predicted octanol–water partition coefficient (Wildman–Crippen LogP) is 4.87.